The third kappa shape index (κ3) is 6.30. The van der Waals surface area contributed by atoms with Crippen LogP contribution in [-0.4, -0.2) is 11.1 Å². The molecule has 2 aromatic carbocycles. The highest BCUT2D eigenvalue weighted by atomic mass is 16.5. The van der Waals surface area contributed by atoms with Gasteiger partial charge >= 0.3 is 5.97 Å². The molecule has 1 atom stereocenters. The summed E-state index contributed by atoms with van der Waals surface area (Å²) in [4.78, 5) is 12.6. The van der Waals surface area contributed by atoms with E-state index in [2.05, 4.69) is 107 Å². The molecule has 3 nitrogen and oxygen atoms in total. The van der Waals surface area contributed by atoms with Gasteiger partial charge in [0, 0.05) is 28.7 Å². The van der Waals surface area contributed by atoms with Crippen LogP contribution in [-0.2, 0) is 27.5 Å². The van der Waals surface area contributed by atoms with Crippen molar-refractivity contribution in [1.82, 2.24) is 0 Å². The Hall–Kier alpha value is -2.55. The molecule has 0 bridgehead atoms. The van der Waals surface area contributed by atoms with Crippen molar-refractivity contribution >= 4 is 5.97 Å². The third-order valence-corrected chi connectivity index (χ3v) is 8.96. The van der Waals surface area contributed by atoms with Gasteiger partial charge in [0.05, 0.1) is 0 Å². The van der Waals surface area contributed by atoms with Crippen molar-refractivity contribution in [1.29, 1.82) is 0 Å². The van der Waals surface area contributed by atoms with E-state index in [-0.39, 0.29) is 22.2 Å². The molecule has 0 fully saturated rings. The Morgan fingerprint density at radius 2 is 1.35 bits per heavy atom. The first-order valence-electron chi connectivity index (χ1n) is 14.0. The Morgan fingerprint density at radius 3 is 1.81 bits per heavy atom. The summed E-state index contributed by atoms with van der Waals surface area (Å²) < 4.78 is 6.03. The Kier molecular flexibility index (Phi) is 9.50. The lowest BCUT2D eigenvalue weighted by Gasteiger charge is -2.33. The van der Waals surface area contributed by atoms with Gasteiger partial charge in [0.25, 0.3) is 0 Å². The van der Waals surface area contributed by atoms with Crippen LogP contribution in [0.25, 0.3) is 0 Å². The van der Waals surface area contributed by atoms with E-state index in [1.165, 1.54) is 17.2 Å². The van der Waals surface area contributed by atoms with Gasteiger partial charge in [-0.15, -0.1) is 0 Å². The standard InChI is InChI=1S/C34H50O3/c1-13-23-18-24(32(7,8)15-3)19-26(30(23)36)22(6)27-20-25(33(9,10)16-4)21-28(34(11,12)17-5)31(27)37-29(35)14-2/h14,18-22,36H,2,13,15-17H2,1,3-12H3. The molecule has 0 saturated carbocycles. The van der Waals surface area contributed by atoms with E-state index in [1.54, 1.807) is 0 Å². The largest absolute Gasteiger partial charge is 0.507 e. The molecule has 0 aliphatic carbocycles. The molecule has 2 rings (SSSR count). The molecule has 0 saturated heterocycles. The SMILES string of the molecule is C=CC(=O)Oc1c(C(C)c2cc(C(C)(C)CC)cc(CC)c2O)cc(C(C)(C)CC)cc1C(C)(C)CC. The van der Waals surface area contributed by atoms with E-state index in [0.717, 1.165) is 47.9 Å². The third-order valence-electron chi connectivity index (χ3n) is 8.96. The monoisotopic (exact) mass is 506 g/mol. The molecule has 0 amide bonds. The highest BCUT2D eigenvalue weighted by molar-refractivity contribution is 5.84. The minimum atomic E-state index is -0.469. The van der Waals surface area contributed by atoms with Gasteiger partial charge in [0.1, 0.15) is 11.5 Å². The Bertz CT molecular complexity index is 1130. The van der Waals surface area contributed by atoms with Gasteiger partial charge in [0.2, 0.25) is 0 Å². The van der Waals surface area contributed by atoms with Crippen LogP contribution < -0.4 is 4.74 Å². The quantitative estimate of drug-likeness (QED) is 0.188. The van der Waals surface area contributed by atoms with Gasteiger partial charge in [-0.05, 0) is 58.6 Å². The van der Waals surface area contributed by atoms with E-state index in [0.29, 0.717) is 11.5 Å². The maximum atomic E-state index is 12.6. The predicted octanol–water partition coefficient (Wildman–Crippen LogP) is 9.26. The van der Waals surface area contributed by atoms with E-state index >= 15 is 0 Å². The highest BCUT2D eigenvalue weighted by Gasteiger charge is 2.33. The summed E-state index contributed by atoms with van der Waals surface area (Å²) in [7, 11) is 0. The average Bonchev–Trinajstić information content (AvgIpc) is 2.87. The zero-order chi connectivity index (χ0) is 28.3. The van der Waals surface area contributed by atoms with Crippen molar-refractivity contribution in [3.63, 3.8) is 0 Å². The number of benzene rings is 2. The fraction of sp³-hybridized carbons (Fsp3) is 0.559. The molecule has 204 valence electrons. The van der Waals surface area contributed by atoms with Crippen LogP contribution in [0.4, 0.5) is 0 Å². The number of ether oxygens (including phenoxy) is 1. The molecule has 0 aromatic heterocycles. The van der Waals surface area contributed by atoms with Crippen molar-refractivity contribution in [3.05, 3.63) is 70.3 Å². The van der Waals surface area contributed by atoms with Crippen LogP contribution >= 0.6 is 0 Å². The van der Waals surface area contributed by atoms with Crippen molar-refractivity contribution in [3.8, 4) is 11.5 Å². The van der Waals surface area contributed by atoms with E-state index in [4.69, 9.17) is 4.74 Å². The van der Waals surface area contributed by atoms with Gasteiger partial charge in [-0.2, -0.15) is 0 Å². The number of aryl methyl sites for hydroxylation is 1. The second kappa shape index (κ2) is 11.5. The lowest BCUT2D eigenvalue weighted by molar-refractivity contribution is -0.129. The number of rotatable bonds is 11. The van der Waals surface area contributed by atoms with Crippen LogP contribution in [0.15, 0.2) is 36.9 Å². The number of phenols is 1. The summed E-state index contributed by atoms with van der Waals surface area (Å²) in [6, 6.07) is 8.72. The van der Waals surface area contributed by atoms with Crippen LogP contribution in [0.3, 0.4) is 0 Å². The lowest BCUT2D eigenvalue weighted by atomic mass is 9.73. The van der Waals surface area contributed by atoms with Crippen LogP contribution in [0.2, 0.25) is 0 Å². The van der Waals surface area contributed by atoms with Gasteiger partial charge in [0.15, 0.2) is 0 Å². The van der Waals surface area contributed by atoms with Gasteiger partial charge in [-0.1, -0.05) is 107 Å². The fourth-order valence-corrected chi connectivity index (χ4v) is 4.60. The second-order valence-electron chi connectivity index (χ2n) is 12.4. The minimum Gasteiger partial charge on any atom is -0.507 e. The summed E-state index contributed by atoms with van der Waals surface area (Å²) in [5.74, 6) is 0.272. The topological polar surface area (TPSA) is 46.5 Å². The van der Waals surface area contributed by atoms with Gasteiger partial charge in [-0.25, -0.2) is 4.79 Å². The highest BCUT2D eigenvalue weighted by Crippen LogP contribution is 2.47. The molecule has 0 radical (unpaired) electrons. The molecule has 0 heterocycles. The van der Waals surface area contributed by atoms with Crippen molar-refractivity contribution in [2.24, 2.45) is 0 Å². The average molecular weight is 507 g/mol. The molecular weight excluding hydrogens is 456 g/mol. The van der Waals surface area contributed by atoms with Gasteiger partial charge in [-0.3, -0.25) is 0 Å². The lowest BCUT2D eigenvalue weighted by Crippen LogP contribution is -2.24. The molecule has 2 aromatic rings. The van der Waals surface area contributed by atoms with Crippen LogP contribution in [0, 0.1) is 0 Å². The number of hydrogen-bond acceptors (Lipinski definition) is 3. The number of phenolic OH excluding ortho intramolecular Hbond substituents is 1. The predicted molar refractivity (Wildman–Crippen MR) is 157 cm³/mol. The molecule has 3 heteroatoms. The molecule has 0 spiro atoms. The first kappa shape index (κ1) is 30.7. The van der Waals surface area contributed by atoms with Crippen LogP contribution in [0.1, 0.15) is 135 Å². The number of aromatic hydroxyl groups is 1. The maximum Gasteiger partial charge on any atom is 0.335 e. The molecule has 1 N–H and O–H groups in total. The van der Waals surface area contributed by atoms with Crippen LogP contribution in [0.5, 0.6) is 11.5 Å². The van der Waals surface area contributed by atoms with E-state index in [1.807, 2.05) is 0 Å². The number of carbonyl (C=O) groups is 1. The molecule has 0 aliphatic heterocycles. The number of hydrogen-bond donors (Lipinski definition) is 1. The Balaban J connectivity index is 3.01. The molecular formula is C34H50O3. The normalized spacial score (nSPS) is 13.4. The number of carbonyl (C=O) groups excluding carboxylic acids is 1. The Morgan fingerprint density at radius 1 is 0.865 bits per heavy atom. The molecule has 0 aliphatic rings. The number of esters is 1. The van der Waals surface area contributed by atoms with Gasteiger partial charge < -0.3 is 9.84 Å². The smallest absolute Gasteiger partial charge is 0.335 e. The van der Waals surface area contributed by atoms with Crippen molar-refractivity contribution in [2.45, 2.75) is 124 Å². The maximum absolute atomic E-state index is 12.6. The van der Waals surface area contributed by atoms with E-state index < -0.39 is 5.97 Å². The fourth-order valence-electron chi connectivity index (χ4n) is 4.60. The molecule has 37 heavy (non-hydrogen) atoms. The summed E-state index contributed by atoms with van der Waals surface area (Å²) in [5.41, 5.74) is 5.90. The first-order chi connectivity index (χ1) is 17.1. The zero-order valence-corrected chi connectivity index (χ0v) is 25.3. The van der Waals surface area contributed by atoms with Crippen molar-refractivity contribution < 1.29 is 14.6 Å². The van der Waals surface area contributed by atoms with E-state index in [9.17, 15) is 9.90 Å². The zero-order valence-electron chi connectivity index (χ0n) is 25.3. The molecule has 1 unspecified atom stereocenters. The summed E-state index contributed by atoms with van der Waals surface area (Å²) >= 11 is 0. The summed E-state index contributed by atoms with van der Waals surface area (Å²) in [6.45, 7) is 27.8. The Labute approximate surface area is 226 Å². The summed E-state index contributed by atoms with van der Waals surface area (Å²) in [5, 5.41) is 11.4. The second-order valence-corrected chi connectivity index (χ2v) is 12.4. The van der Waals surface area contributed by atoms with Crippen molar-refractivity contribution in [2.75, 3.05) is 0 Å². The summed E-state index contributed by atoms with van der Waals surface area (Å²) in [6.07, 6.45) is 4.82. The minimum absolute atomic E-state index is 0.0222. The first-order valence-corrected chi connectivity index (χ1v) is 14.0.